The molecular formula is C13H24N2O2. The first-order chi connectivity index (χ1) is 8.27. The zero-order valence-electron chi connectivity index (χ0n) is 11.2. The van der Waals surface area contributed by atoms with Gasteiger partial charge >= 0.3 is 0 Å². The summed E-state index contributed by atoms with van der Waals surface area (Å²) in [4.78, 5) is 4.30. The van der Waals surface area contributed by atoms with Crippen molar-refractivity contribution in [2.24, 2.45) is 0 Å². The Morgan fingerprint density at radius 3 is 3.00 bits per heavy atom. The third-order valence-corrected chi connectivity index (χ3v) is 2.90. The smallest absolute Gasteiger partial charge is 0.194 e. The van der Waals surface area contributed by atoms with Crippen LogP contribution in [0.1, 0.15) is 44.3 Å². The van der Waals surface area contributed by atoms with Crippen LogP contribution >= 0.6 is 0 Å². The molecule has 1 unspecified atom stereocenters. The number of hydrogen-bond acceptors (Lipinski definition) is 4. The zero-order valence-corrected chi connectivity index (χ0v) is 11.2. The van der Waals surface area contributed by atoms with Crippen molar-refractivity contribution in [1.29, 1.82) is 0 Å². The monoisotopic (exact) mass is 240 g/mol. The highest BCUT2D eigenvalue weighted by molar-refractivity contribution is 5.00. The van der Waals surface area contributed by atoms with Gasteiger partial charge in [0.05, 0.1) is 12.8 Å². The number of methoxy groups -OCH3 is 1. The van der Waals surface area contributed by atoms with E-state index in [1.165, 1.54) is 0 Å². The molecule has 0 bridgehead atoms. The third-order valence-electron chi connectivity index (χ3n) is 2.90. The Bertz CT molecular complexity index is 299. The molecule has 4 nitrogen and oxygen atoms in total. The van der Waals surface area contributed by atoms with Crippen molar-refractivity contribution >= 4 is 0 Å². The summed E-state index contributed by atoms with van der Waals surface area (Å²) in [7, 11) is 1.71. The Morgan fingerprint density at radius 1 is 1.47 bits per heavy atom. The molecule has 17 heavy (non-hydrogen) atoms. The van der Waals surface area contributed by atoms with Crippen LogP contribution in [-0.4, -0.2) is 31.8 Å². The third kappa shape index (κ3) is 5.33. The highest BCUT2D eigenvalue weighted by Gasteiger charge is 2.09. The van der Waals surface area contributed by atoms with Crippen molar-refractivity contribution in [3.8, 4) is 0 Å². The van der Waals surface area contributed by atoms with E-state index in [0.717, 1.165) is 50.6 Å². The van der Waals surface area contributed by atoms with Gasteiger partial charge in [0, 0.05) is 26.0 Å². The van der Waals surface area contributed by atoms with Gasteiger partial charge in [-0.2, -0.15) is 0 Å². The van der Waals surface area contributed by atoms with Gasteiger partial charge in [0.15, 0.2) is 5.89 Å². The van der Waals surface area contributed by atoms with E-state index in [9.17, 15) is 0 Å². The molecule has 0 aromatic carbocycles. The molecule has 0 amide bonds. The molecule has 1 aromatic heterocycles. The molecule has 0 aliphatic rings. The van der Waals surface area contributed by atoms with Crippen molar-refractivity contribution < 1.29 is 9.15 Å². The number of rotatable bonds is 9. The number of hydrogen-bond donors (Lipinski definition) is 1. The SMILES string of the molecule is CCC(C)c1cnc(CCCNCCOC)o1. The molecule has 0 saturated carbocycles. The Morgan fingerprint density at radius 2 is 2.29 bits per heavy atom. The predicted molar refractivity (Wildman–Crippen MR) is 68.3 cm³/mol. The number of aryl methyl sites for hydroxylation is 1. The van der Waals surface area contributed by atoms with E-state index in [2.05, 4.69) is 24.1 Å². The number of oxazole rings is 1. The maximum atomic E-state index is 5.70. The van der Waals surface area contributed by atoms with Crippen LogP contribution in [0, 0.1) is 0 Å². The zero-order chi connectivity index (χ0) is 12.5. The van der Waals surface area contributed by atoms with Crippen molar-refractivity contribution in [3.05, 3.63) is 17.8 Å². The number of nitrogens with one attached hydrogen (secondary N) is 1. The molecule has 1 N–H and O–H groups in total. The highest BCUT2D eigenvalue weighted by Crippen LogP contribution is 2.19. The normalized spacial score (nSPS) is 12.9. The van der Waals surface area contributed by atoms with Crippen molar-refractivity contribution in [2.45, 2.75) is 39.0 Å². The summed E-state index contributed by atoms with van der Waals surface area (Å²) >= 11 is 0. The lowest BCUT2D eigenvalue weighted by atomic mass is 10.1. The second-order valence-electron chi connectivity index (χ2n) is 4.31. The molecule has 0 aliphatic carbocycles. The molecule has 0 saturated heterocycles. The Kier molecular flexibility index (Phi) is 6.89. The minimum atomic E-state index is 0.469. The van der Waals surface area contributed by atoms with Crippen LogP contribution < -0.4 is 5.32 Å². The molecule has 98 valence electrons. The van der Waals surface area contributed by atoms with Gasteiger partial charge in [-0.05, 0) is 19.4 Å². The minimum absolute atomic E-state index is 0.469. The first-order valence-electron chi connectivity index (χ1n) is 6.42. The molecule has 0 fully saturated rings. The number of nitrogens with zero attached hydrogens (tertiary/aromatic N) is 1. The van der Waals surface area contributed by atoms with Crippen LogP contribution in [0.15, 0.2) is 10.6 Å². The van der Waals surface area contributed by atoms with E-state index in [1.807, 2.05) is 6.20 Å². The van der Waals surface area contributed by atoms with Gasteiger partial charge in [-0.15, -0.1) is 0 Å². The second kappa shape index (κ2) is 8.25. The summed E-state index contributed by atoms with van der Waals surface area (Å²) in [6, 6.07) is 0. The lowest BCUT2D eigenvalue weighted by Crippen LogP contribution is -2.20. The van der Waals surface area contributed by atoms with Crippen LogP contribution in [0.3, 0.4) is 0 Å². The van der Waals surface area contributed by atoms with Gasteiger partial charge in [-0.3, -0.25) is 0 Å². The van der Waals surface area contributed by atoms with E-state index in [-0.39, 0.29) is 0 Å². The van der Waals surface area contributed by atoms with E-state index in [0.29, 0.717) is 5.92 Å². The molecule has 0 radical (unpaired) electrons. The molecular weight excluding hydrogens is 216 g/mol. The Balaban J connectivity index is 2.16. The standard InChI is InChI=1S/C13H24N2O2/c1-4-11(2)12-10-15-13(17-12)6-5-7-14-8-9-16-3/h10-11,14H,4-9H2,1-3H3. The summed E-state index contributed by atoms with van der Waals surface area (Å²) in [5.41, 5.74) is 0. The summed E-state index contributed by atoms with van der Waals surface area (Å²) in [5.74, 6) is 2.33. The molecule has 1 atom stereocenters. The van der Waals surface area contributed by atoms with Crippen molar-refractivity contribution in [1.82, 2.24) is 10.3 Å². The first-order valence-corrected chi connectivity index (χ1v) is 6.42. The molecule has 1 rings (SSSR count). The Hall–Kier alpha value is -0.870. The second-order valence-corrected chi connectivity index (χ2v) is 4.31. The van der Waals surface area contributed by atoms with Crippen molar-refractivity contribution in [3.63, 3.8) is 0 Å². The van der Waals surface area contributed by atoms with Gasteiger partial charge in [0.1, 0.15) is 5.76 Å². The van der Waals surface area contributed by atoms with Gasteiger partial charge in [-0.25, -0.2) is 4.98 Å². The lowest BCUT2D eigenvalue weighted by Gasteiger charge is -2.03. The number of aromatic nitrogens is 1. The Labute approximate surface area is 104 Å². The average Bonchev–Trinajstić information content (AvgIpc) is 2.81. The van der Waals surface area contributed by atoms with E-state index in [4.69, 9.17) is 9.15 Å². The lowest BCUT2D eigenvalue weighted by molar-refractivity contribution is 0.199. The number of ether oxygens (including phenoxy) is 1. The van der Waals surface area contributed by atoms with Gasteiger partial charge in [-0.1, -0.05) is 13.8 Å². The largest absolute Gasteiger partial charge is 0.445 e. The van der Waals surface area contributed by atoms with E-state index >= 15 is 0 Å². The van der Waals surface area contributed by atoms with Crippen LogP contribution in [0.5, 0.6) is 0 Å². The molecule has 1 aromatic rings. The fourth-order valence-corrected chi connectivity index (χ4v) is 1.53. The van der Waals surface area contributed by atoms with Gasteiger partial charge < -0.3 is 14.5 Å². The molecule has 0 aliphatic heterocycles. The van der Waals surface area contributed by atoms with E-state index < -0.39 is 0 Å². The van der Waals surface area contributed by atoms with Crippen LogP contribution in [0.25, 0.3) is 0 Å². The van der Waals surface area contributed by atoms with Gasteiger partial charge in [0.2, 0.25) is 0 Å². The molecule has 1 heterocycles. The van der Waals surface area contributed by atoms with Crippen LogP contribution in [0.2, 0.25) is 0 Å². The van der Waals surface area contributed by atoms with Crippen LogP contribution in [0.4, 0.5) is 0 Å². The summed E-state index contributed by atoms with van der Waals surface area (Å²) < 4.78 is 10.7. The quantitative estimate of drug-likeness (QED) is 0.673. The highest BCUT2D eigenvalue weighted by atomic mass is 16.5. The topological polar surface area (TPSA) is 47.3 Å². The maximum Gasteiger partial charge on any atom is 0.194 e. The summed E-state index contributed by atoms with van der Waals surface area (Å²) in [5, 5.41) is 3.30. The van der Waals surface area contributed by atoms with E-state index in [1.54, 1.807) is 7.11 Å². The average molecular weight is 240 g/mol. The fourth-order valence-electron chi connectivity index (χ4n) is 1.53. The summed E-state index contributed by atoms with van der Waals surface area (Å²) in [6.07, 6.45) is 4.90. The predicted octanol–water partition coefficient (Wildman–Crippen LogP) is 2.36. The van der Waals surface area contributed by atoms with Gasteiger partial charge in [0.25, 0.3) is 0 Å². The first kappa shape index (κ1) is 14.2. The van der Waals surface area contributed by atoms with Crippen LogP contribution in [-0.2, 0) is 11.2 Å². The fraction of sp³-hybridized carbons (Fsp3) is 0.769. The van der Waals surface area contributed by atoms with Crippen molar-refractivity contribution in [2.75, 3.05) is 26.8 Å². The minimum Gasteiger partial charge on any atom is -0.445 e. The molecule has 0 spiro atoms. The maximum absolute atomic E-state index is 5.70. The summed E-state index contributed by atoms with van der Waals surface area (Å²) in [6.45, 7) is 6.96. The molecule has 4 heteroatoms.